The molecule has 1 aromatic rings. The van der Waals surface area contributed by atoms with E-state index in [0.717, 1.165) is 0 Å². The summed E-state index contributed by atoms with van der Waals surface area (Å²) in [6, 6.07) is 7.89. The van der Waals surface area contributed by atoms with Crippen molar-refractivity contribution in [1.82, 2.24) is 5.32 Å². The first-order valence-electron chi connectivity index (χ1n) is 6.87. The van der Waals surface area contributed by atoms with Gasteiger partial charge < -0.3 is 11.1 Å². The van der Waals surface area contributed by atoms with Crippen LogP contribution in [0, 0.1) is 5.92 Å². The molecule has 0 aliphatic heterocycles. The lowest BCUT2D eigenvalue weighted by atomic mass is 9.86. The first kappa shape index (κ1) is 15.7. The third-order valence-corrected chi connectivity index (χ3v) is 3.60. The maximum absolute atomic E-state index is 12.1. The van der Waals surface area contributed by atoms with Crippen LogP contribution in [0.2, 0.25) is 0 Å². The standard InChI is InChI=1S/C16H26N2O/c1-11(10-17)12(2)18-15(19)13-6-8-14(9-7-13)16(3,4)5/h6-9,11-12H,10,17H2,1-5H3,(H,18,19). The number of nitrogens with two attached hydrogens (primary N) is 1. The molecular formula is C16H26N2O. The van der Waals surface area contributed by atoms with Crippen LogP contribution < -0.4 is 11.1 Å². The molecule has 3 nitrogen and oxygen atoms in total. The van der Waals surface area contributed by atoms with Gasteiger partial charge in [-0.15, -0.1) is 0 Å². The number of carbonyl (C=O) groups is 1. The third kappa shape index (κ3) is 4.35. The van der Waals surface area contributed by atoms with Crippen molar-refractivity contribution in [3.63, 3.8) is 0 Å². The number of hydrogen-bond acceptors (Lipinski definition) is 2. The molecule has 2 atom stereocenters. The molecule has 0 heterocycles. The van der Waals surface area contributed by atoms with E-state index in [4.69, 9.17) is 5.73 Å². The van der Waals surface area contributed by atoms with Crippen LogP contribution in [-0.4, -0.2) is 18.5 Å². The Hall–Kier alpha value is -1.35. The molecule has 19 heavy (non-hydrogen) atoms. The largest absolute Gasteiger partial charge is 0.349 e. The maximum atomic E-state index is 12.1. The van der Waals surface area contributed by atoms with Crippen molar-refractivity contribution in [3.05, 3.63) is 35.4 Å². The summed E-state index contributed by atoms with van der Waals surface area (Å²) in [5.74, 6) is 0.242. The van der Waals surface area contributed by atoms with Gasteiger partial charge in [0.15, 0.2) is 0 Å². The Morgan fingerprint density at radius 3 is 2.16 bits per heavy atom. The van der Waals surface area contributed by atoms with Gasteiger partial charge in [-0.25, -0.2) is 0 Å². The monoisotopic (exact) mass is 262 g/mol. The van der Waals surface area contributed by atoms with Crippen LogP contribution in [0.15, 0.2) is 24.3 Å². The maximum Gasteiger partial charge on any atom is 0.251 e. The number of carbonyl (C=O) groups excluding carboxylic acids is 1. The first-order chi connectivity index (χ1) is 8.75. The van der Waals surface area contributed by atoms with E-state index in [9.17, 15) is 4.79 Å². The van der Waals surface area contributed by atoms with Crippen LogP contribution in [-0.2, 0) is 5.41 Å². The molecule has 1 rings (SSSR count). The number of rotatable bonds is 4. The fraction of sp³-hybridized carbons (Fsp3) is 0.562. The van der Waals surface area contributed by atoms with Crippen LogP contribution in [0.1, 0.15) is 50.5 Å². The highest BCUT2D eigenvalue weighted by Gasteiger charge is 2.16. The lowest BCUT2D eigenvalue weighted by Crippen LogP contribution is -2.39. The van der Waals surface area contributed by atoms with Gasteiger partial charge in [-0.1, -0.05) is 39.8 Å². The van der Waals surface area contributed by atoms with Gasteiger partial charge in [0.05, 0.1) is 0 Å². The summed E-state index contributed by atoms with van der Waals surface area (Å²) in [4.78, 5) is 12.1. The molecule has 0 saturated carbocycles. The minimum absolute atomic E-state index is 0.0340. The molecule has 0 aliphatic carbocycles. The normalized spacial score (nSPS) is 14.8. The fourth-order valence-electron chi connectivity index (χ4n) is 1.76. The predicted octanol–water partition coefficient (Wildman–Crippen LogP) is 2.70. The Kier molecular flexibility index (Phi) is 5.12. The number of hydrogen-bond donors (Lipinski definition) is 2. The van der Waals surface area contributed by atoms with E-state index in [-0.39, 0.29) is 23.3 Å². The summed E-state index contributed by atoms with van der Waals surface area (Å²) in [7, 11) is 0. The molecule has 0 saturated heterocycles. The highest BCUT2D eigenvalue weighted by molar-refractivity contribution is 5.94. The summed E-state index contributed by atoms with van der Waals surface area (Å²) in [6.45, 7) is 11.1. The summed E-state index contributed by atoms with van der Waals surface area (Å²) in [5.41, 5.74) is 7.64. The van der Waals surface area contributed by atoms with E-state index in [1.807, 2.05) is 38.1 Å². The molecular weight excluding hydrogens is 236 g/mol. The van der Waals surface area contributed by atoms with Crippen molar-refractivity contribution < 1.29 is 4.79 Å². The molecule has 0 aliphatic rings. The number of amides is 1. The zero-order valence-electron chi connectivity index (χ0n) is 12.7. The smallest absolute Gasteiger partial charge is 0.251 e. The average molecular weight is 262 g/mol. The Morgan fingerprint density at radius 2 is 1.74 bits per heavy atom. The zero-order chi connectivity index (χ0) is 14.6. The Labute approximate surface area is 116 Å². The van der Waals surface area contributed by atoms with Crippen molar-refractivity contribution in [2.45, 2.75) is 46.1 Å². The molecule has 2 unspecified atom stereocenters. The van der Waals surface area contributed by atoms with E-state index < -0.39 is 0 Å². The highest BCUT2D eigenvalue weighted by atomic mass is 16.1. The van der Waals surface area contributed by atoms with Crippen molar-refractivity contribution in [3.8, 4) is 0 Å². The molecule has 0 radical (unpaired) electrons. The number of nitrogens with one attached hydrogen (secondary N) is 1. The van der Waals surface area contributed by atoms with Gasteiger partial charge >= 0.3 is 0 Å². The molecule has 1 amide bonds. The molecule has 106 valence electrons. The summed E-state index contributed by atoms with van der Waals surface area (Å²) < 4.78 is 0. The van der Waals surface area contributed by atoms with E-state index in [1.54, 1.807) is 0 Å². The minimum atomic E-state index is -0.0340. The van der Waals surface area contributed by atoms with Gasteiger partial charge in [-0.3, -0.25) is 4.79 Å². The van der Waals surface area contributed by atoms with Crippen LogP contribution in [0.3, 0.4) is 0 Å². The van der Waals surface area contributed by atoms with Crippen molar-refractivity contribution in [2.24, 2.45) is 11.7 Å². The topological polar surface area (TPSA) is 55.1 Å². The second-order valence-electron chi connectivity index (χ2n) is 6.30. The lowest BCUT2D eigenvalue weighted by molar-refractivity contribution is 0.0929. The zero-order valence-corrected chi connectivity index (χ0v) is 12.7. The third-order valence-electron chi connectivity index (χ3n) is 3.60. The van der Waals surface area contributed by atoms with Gasteiger partial charge in [-0.2, -0.15) is 0 Å². The molecule has 1 aromatic carbocycles. The summed E-state index contributed by atoms with van der Waals surface area (Å²) in [6.07, 6.45) is 0. The summed E-state index contributed by atoms with van der Waals surface area (Å²) in [5, 5.41) is 2.99. The van der Waals surface area contributed by atoms with E-state index >= 15 is 0 Å². The van der Waals surface area contributed by atoms with E-state index in [1.165, 1.54) is 5.56 Å². The van der Waals surface area contributed by atoms with Gasteiger partial charge in [0.1, 0.15) is 0 Å². The van der Waals surface area contributed by atoms with Crippen LogP contribution >= 0.6 is 0 Å². The van der Waals surface area contributed by atoms with E-state index in [0.29, 0.717) is 12.1 Å². The summed E-state index contributed by atoms with van der Waals surface area (Å²) >= 11 is 0. The first-order valence-corrected chi connectivity index (χ1v) is 6.87. The second-order valence-corrected chi connectivity index (χ2v) is 6.30. The Balaban J connectivity index is 2.74. The fourth-order valence-corrected chi connectivity index (χ4v) is 1.76. The number of benzene rings is 1. The molecule has 3 N–H and O–H groups in total. The molecule has 3 heteroatoms. The van der Waals surface area contributed by atoms with Gasteiger partial charge in [0.2, 0.25) is 0 Å². The molecule has 0 fully saturated rings. The molecule has 0 bridgehead atoms. The van der Waals surface area contributed by atoms with Crippen molar-refractivity contribution in [1.29, 1.82) is 0 Å². The van der Waals surface area contributed by atoms with Crippen LogP contribution in [0.4, 0.5) is 0 Å². The highest BCUT2D eigenvalue weighted by Crippen LogP contribution is 2.22. The minimum Gasteiger partial charge on any atom is -0.349 e. The van der Waals surface area contributed by atoms with Gasteiger partial charge in [0.25, 0.3) is 5.91 Å². The van der Waals surface area contributed by atoms with Crippen LogP contribution in [0.5, 0.6) is 0 Å². The van der Waals surface area contributed by atoms with Crippen LogP contribution in [0.25, 0.3) is 0 Å². The quantitative estimate of drug-likeness (QED) is 0.876. The average Bonchev–Trinajstić information content (AvgIpc) is 2.36. The SMILES string of the molecule is CC(CN)C(C)NC(=O)c1ccc(C(C)(C)C)cc1. The van der Waals surface area contributed by atoms with Gasteiger partial charge in [-0.05, 0) is 42.5 Å². The lowest BCUT2D eigenvalue weighted by Gasteiger charge is -2.21. The van der Waals surface area contributed by atoms with Gasteiger partial charge in [0, 0.05) is 11.6 Å². The predicted molar refractivity (Wildman–Crippen MR) is 80.3 cm³/mol. The second kappa shape index (κ2) is 6.20. The Morgan fingerprint density at radius 1 is 1.21 bits per heavy atom. The van der Waals surface area contributed by atoms with Crippen molar-refractivity contribution in [2.75, 3.05) is 6.54 Å². The van der Waals surface area contributed by atoms with E-state index in [2.05, 4.69) is 26.1 Å². The molecule has 0 spiro atoms. The van der Waals surface area contributed by atoms with Crippen molar-refractivity contribution >= 4 is 5.91 Å². The molecule has 0 aromatic heterocycles. The Bertz CT molecular complexity index is 417.